The molecule has 132 valence electrons. The van der Waals surface area contributed by atoms with Crippen LogP contribution in [0.3, 0.4) is 0 Å². The fraction of sp³-hybridized carbons (Fsp3) is 0.500. The van der Waals surface area contributed by atoms with Crippen LogP contribution in [0.15, 0.2) is 25.8 Å². The SMILES string of the molecule is Brc1nc2cc(Br)c(Br)cc2[nH]1.CC(C)(C)OC(=O)N1CCCC1. The summed E-state index contributed by atoms with van der Waals surface area (Å²) < 4.78 is 7.99. The number of nitrogens with zero attached hydrogens (tertiary/aromatic N) is 2. The molecule has 1 aromatic carbocycles. The number of benzene rings is 1. The van der Waals surface area contributed by atoms with Crippen molar-refractivity contribution in [3.05, 3.63) is 25.8 Å². The average Bonchev–Trinajstić information content (AvgIpc) is 3.07. The number of nitrogens with one attached hydrogen (secondary N) is 1. The first-order valence-corrected chi connectivity index (χ1v) is 10.0. The number of carbonyl (C=O) groups excluding carboxylic acids is 1. The molecule has 0 aliphatic carbocycles. The topological polar surface area (TPSA) is 58.2 Å². The number of ether oxygens (including phenoxy) is 1. The molecule has 0 spiro atoms. The summed E-state index contributed by atoms with van der Waals surface area (Å²) in [6.07, 6.45) is 2.05. The molecule has 0 atom stereocenters. The van der Waals surface area contributed by atoms with E-state index >= 15 is 0 Å². The highest BCUT2D eigenvalue weighted by Gasteiger charge is 2.23. The first kappa shape index (κ1) is 19.7. The van der Waals surface area contributed by atoms with Crippen LogP contribution in [-0.2, 0) is 4.74 Å². The minimum Gasteiger partial charge on any atom is -0.444 e. The smallest absolute Gasteiger partial charge is 0.410 e. The maximum absolute atomic E-state index is 11.4. The van der Waals surface area contributed by atoms with Crippen molar-refractivity contribution in [2.75, 3.05) is 13.1 Å². The van der Waals surface area contributed by atoms with Gasteiger partial charge in [0.05, 0.1) is 11.0 Å². The van der Waals surface area contributed by atoms with Crippen molar-refractivity contribution in [2.45, 2.75) is 39.2 Å². The molecule has 2 aromatic rings. The summed E-state index contributed by atoms with van der Waals surface area (Å²) in [4.78, 5) is 20.4. The van der Waals surface area contributed by atoms with Gasteiger partial charge in [0.2, 0.25) is 0 Å². The Balaban J connectivity index is 0.000000174. The van der Waals surface area contributed by atoms with Crippen LogP contribution in [0.2, 0.25) is 0 Å². The highest BCUT2D eigenvalue weighted by atomic mass is 79.9. The number of fused-ring (bicyclic) bond motifs is 1. The molecule has 8 heteroatoms. The first-order chi connectivity index (χ1) is 11.2. The minimum absolute atomic E-state index is 0.167. The van der Waals surface area contributed by atoms with Gasteiger partial charge in [-0.05, 0) is 93.5 Å². The van der Waals surface area contributed by atoms with Crippen LogP contribution in [0.1, 0.15) is 33.6 Å². The Labute approximate surface area is 166 Å². The Morgan fingerprint density at radius 2 is 1.75 bits per heavy atom. The molecule has 1 saturated heterocycles. The molecule has 1 aromatic heterocycles. The van der Waals surface area contributed by atoms with E-state index in [9.17, 15) is 4.79 Å². The normalized spacial score (nSPS) is 14.5. The van der Waals surface area contributed by atoms with Crippen molar-refractivity contribution in [1.82, 2.24) is 14.9 Å². The van der Waals surface area contributed by atoms with E-state index in [4.69, 9.17) is 4.74 Å². The zero-order valence-electron chi connectivity index (χ0n) is 13.8. The Bertz CT molecular complexity index is 680. The Morgan fingerprint density at radius 1 is 1.17 bits per heavy atom. The number of amides is 1. The van der Waals surface area contributed by atoms with E-state index in [2.05, 4.69) is 57.8 Å². The fourth-order valence-corrected chi connectivity index (χ4v) is 3.28. The Kier molecular flexibility index (Phi) is 6.73. The van der Waals surface area contributed by atoms with Crippen molar-refractivity contribution >= 4 is 64.9 Å². The predicted octanol–water partition coefficient (Wildman–Crippen LogP) is 5.87. The van der Waals surface area contributed by atoms with Gasteiger partial charge >= 0.3 is 6.09 Å². The van der Waals surface area contributed by atoms with Crippen LogP contribution < -0.4 is 0 Å². The minimum atomic E-state index is -0.361. The number of hydrogen-bond acceptors (Lipinski definition) is 3. The van der Waals surface area contributed by atoms with Crippen LogP contribution in [0.5, 0.6) is 0 Å². The van der Waals surface area contributed by atoms with Crippen LogP contribution in [0, 0.1) is 0 Å². The first-order valence-electron chi connectivity index (χ1n) is 7.64. The molecule has 0 bridgehead atoms. The maximum atomic E-state index is 11.4. The lowest BCUT2D eigenvalue weighted by atomic mass is 10.2. The molecular weight excluding hydrogens is 506 g/mol. The maximum Gasteiger partial charge on any atom is 0.410 e. The number of rotatable bonds is 0. The van der Waals surface area contributed by atoms with Crippen molar-refractivity contribution in [2.24, 2.45) is 0 Å². The summed E-state index contributed by atoms with van der Waals surface area (Å²) in [5.41, 5.74) is 1.59. The Hall–Kier alpha value is -0.600. The molecule has 24 heavy (non-hydrogen) atoms. The Morgan fingerprint density at radius 3 is 2.33 bits per heavy atom. The lowest BCUT2D eigenvalue weighted by Crippen LogP contribution is -2.34. The highest BCUT2D eigenvalue weighted by molar-refractivity contribution is 9.13. The van der Waals surface area contributed by atoms with E-state index in [-0.39, 0.29) is 11.7 Å². The van der Waals surface area contributed by atoms with Gasteiger partial charge in [0.1, 0.15) is 5.60 Å². The van der Waals surface area contributed by atoms with Gasteiger partial charge in [-0.25, -0.2) is 9.78 Å². The van der Waals surface area contributed by atoms with Crippen LogP contribution in [0.25, 0.3) is 11.0 Å². The molecule has 0 radical (unpaired) electrons. The predicted molar refractivity (Wildman–Crippen MR) is 106 cm³/mol. The van der Waals surface area contributed by atoms with Gasteiger partial charge in [-0.1, -0.05) is 0 Å². The monoisotopic (exact) mass is 523 g/mol. The summed E-state index contributed by atoms with van der Waals surface area (Å²) >= 11 is 10.1. The van der Waals surface area contributed by atoms with Gasteiger partial charge in [-0.3, -0.25) is 0 Å². The van der Waals surface area contributed by atoms with E-state index in [1.165, 1.54) is 0 Å². The molecule has 5 nitrogen and oxygen atoms in total. The number of likely N-dealkylation sites (tertiary alicyclic amines) is 1. The number of halogens is 3. The summed E-state index contributed by atoms with van der Waals surface area (Å²) in [5, 5.41) is 0. The van der Waals surface area contributed by atoms with Gasteiger partial charge in [-0.2, -0.15) is 0 Å². The molecule has 1 aliphatic heterocycles. The molecule has 0 saturated carbocycles. The van der Waals surface area contributed by atoms with E-state index < -0.39 is 0 Å². The number of carbonyl (C=O) groups is 1. The van der Waals surface area contributed by atoms with E-state index in [0.717, 1.165) is 50.6 Å². The van der Waals surface area contributed by atoms with E-state index in [0.29, 0.717) is 0 Å². The number of hydrogen-bond donors (Lipinski definition) is 1. The molecule has 3 rings (SSSR count). The lowest BCUT2D eigenvalue weighted by molar-refractivity contribution is 0.0295. The third-order valence-corrected chi connectivity index (χ3v) is 5.47. The quantitative estimate of drug-likeness (QED) is 0.468. The summed E-state index contributed by atoms with van der Waals surface area (Å²) in [5.74, 6) is 0. The van der Waals surface area contributed by atoms with Crippen molar-refractivity contribution in [3.8, 4) is 0 Å². The summed E-state index contributed by atoms with van der Waals surface area (Å²) in [6, 6.07) is 3.94. The van der Waals surface area contributed by atoms with E-state index in [1.54, 1.807) is 4.90 Å². The van der Waals surface area contributed by atoms with Gasteiger partial charge in [0, 0.05) is 22.0 Å². The van der Waals surface area contributed by atoms with Crippen molar-refractivity contribution in [1.29, 1.82) is 0 Å². The number of aromatic nitrogens is 2. The molecular formula is C16H20Br3N3O2. The van der Waals surface area contributed by atoms with Crippen LogP contribution >= 0.6 is 47.8 Å². The second kappa shape index (κ2) is 8.19. The largest absolute Gasteiger partial charge is 0.444 e. The molecule has 1 fully saturated rings. The fourth-order valence-electron chi connectivity index (χ4n) is 2.20. The van der Waals surface area contributed by atoms with Crippen molar-refractivity contribution < 1.29 is 9.53 Å². The third-order valence-electron chi connectivity index (χ3n) is 3.25. The van der Waals surface area contributed by atoms with Gasteiger partial charge < -0.3 is 14.6 Å². The molecule has 2 heterocycles. The van der Waals surface area contributed by atoms with Gasteiger partial charge in [-0.15, -0.1) is 0 Å². The van der Waals surface area contributed by atoms with Gasteiger partial charge in [0.25, 0.3) is 0 Å². The third kappa shape index (κ3) is 5.74. The standard InChI is InChI=1S/C9H17NO2.C7H3Br3N2/c1-9(2,3)12-8(11)10-6-4-5-7-10;8-3-1-5-6(2-4(3)9)12-7(10)11-5/h4-7H2,1-3H3;1-2H,(H,11,12). The zero-order chi connectivity index (χ0) is 17.9. The summed E-state index contributed by atoms with van der Waals surface area (Å²) in [6.45, 7) is 7.38. The second-order valence-corrected chi connectivity index (χ2v) is 8.95. The lowest BCUT2D eigenvalue weighted by Gasteiger charge is -2.23. The molecule has 1 aliphatic rings. The van der Waals surface area contributed by atoms with Crippen LogP contribution in [0.4, 0.5) is 4.79 Å². The molecule has 0 unspecified atom stereocenters. The number of imidazole rings is 1. The zero-order valence-corrected chi connectivity index (χ0v) is 18.6. The average molecular weight is 526 g/mol. The number of aromatic amines is 1. The van der Waals surface area contributed by atoms with Gasteiger partial charge in [0.15, 0.2) is 4.73 Å². The van der Waals surface area contributed by atoms with E-state index in [1.807, 2.05) is 32.9 Å². The second-order valence-electron chi connectivity index (χ2n) is 6.49. The van der Waals surface area contributed by atoms with Crippen molar-refractivity contribution in [3.63, 3.8) is 0 Å². The summed E-state index contributed by atoms with van der Waals surface area (Å²) in [7, 11) is 0. The molecule has 1 N–H and O–H groups in total. The molecule has 1 amide bonds. The highest BCUT2D eigenvalue weighted by Crippen LogP contribution is 2.28. The number of H-pyrrole nitrogens is 1. The van der Waals surface area contributed by atoms with Crippen LogP contribution in [-0.4, -0.2) is 39.7 Å².